The molecular formula is C56H64ClN9O7S. The Hall–Kier alpha value is -6.58. The van der Waals surface area contributed by atoms with Gasteiger partial charge in [-0.2, -0.15) is 5.26 Å². The maximum atomic E-state index is 14.3. The zero-order chi connectivity index (χ0) is 52.6. The molecule has 388 valence electrons. The van der Waals surface area contributed by atoms with E-state index in [9.17, 15) is 29.5 Å². The second-order valence-corrected chi connectivity index (χ2v) is 22.6. The minimum atomic E-state index is -0.912. The van der Waals surface area contributed by atoms with Crippen LogP contribution in [0, 0.1) is 35.0 Å². The number of likely N-dealkylation sites (tertiary alicyclic amines) is 1. The molecule has 1 aliphatic carbocycles. The number of nitriles is 1. The van der Waals surface area contributed by atoms with Crippen LogP contribution in [0.2, 0.25) is 5.02 Å². The number of carbonyl (C=O) groups excluding carboxylic acids is 4. The van der Waals surface area contributed by atoms with E-state index >= 15 is 0 Å². The van der Waals surface area contributed by atoms with Gasteiger partial charge in [-0.25, -0.2) is 9.97 Å². The van der Waals surface area contributed by atoms with Crippen LogP contribution in [0.25, 0.3) is 10.4 Å². The minimum Gasteiger partial charge on any atom is -0.492 e. The van der Waals surface area contributed by atoms with Gasteiger partial charge in [-0.05, 0) is 60.4 Å². The van der Waals surface area contributed by atoms with Crippen molar-refractivity contribution in [3.63, 3.8) is 0 Å². The number of piperazine rings is 1. The number of carbonyl (C=O) groups is 4. The van der Waals surface area contributed by atoms with Crippen molar-refractivity contribution in [2.24, 2.45) is 16.7 Å². The number of pyridine rings is 1. The van der Waals surface area contributed by atoms with Gasteiger partial charge >= 0.3 is 0 Å². The Balaban J connectivity index is 0.782. The highest BCUT2D eigenvalue weighted by molar-refractivity contribution is 7.13. The Morgan fingerprint density at radius 2 is 1.74 bits per heavy atom. The second-order valence-electron chi connectivity index (χ2n) is 21.4. The van der Waals surface area contributed by atoms with Gasteiger partial charge < -0.3 is 39.9 Å². The molecule has 3 aliphatic heterocycles. The highest BCUT2D eigenvalue weighted by Crippen LogP contribution is 2.55. The SMILES string of the molecule is Cc1ncsc1-c1ccc(CNC(=O)[C@@H]2CC(O)CN2C(=O)[C@H](C(C)C)N2Cc3ccccc3C2=O)c(OCCN2CCN(c3ccc(C(=O)N[C@H]4C(C)(C)[C@H](Oc5ccc(C#N)c(Cl)c5)C4(C)C)cn3)CC2)c1. The van der Waals surface area contributed by atoms with E-state index in [0.717, 1.165) is 59.3 Å². The van der Waals surface area contributed by atoms with Crippen molar-refractivity contribution in [2.45, 2.75) is 98.3 Å². The molecule has 2 saturated heterocycles. The number of aromatic nitrogens is 2. The third kappa shape index (κ3) is 10.4. The molecule has 0 bridgehead atoms. The number of hydrogen-bond acceptors (Lipinski definition) is 13. The lowest BCUT2D eigenvalue weighted by atomic mass is 9.49. The zero-order valence-electron chi connectivity index (χ0n) is 42.9. The van der Waals surface area contributed by atoms with E-state index in [-0.39, 0.29) is 61.2 Å². The summed E-state index contributed by atoms with van der Waals surface area (Å²) in [6.07, 6.45) is 0.615. The van der Waals surface area contributed by atoms with Crippen LogP contribution in [0.4, 0.5) is 5.82 Å². The van der Waals surface area contributed by atoms with Crippen LogP contribution in [0.5, 0.6) is 11.5 Å². The molecule has 9 rings (SSSR count). The van der Waals surface area contributed by atoms with Gasteiger partial charge in [-0.1, -0.05) is 83.5 Å². The first-order chi connectivity index (χ1) is 35.3. The molecule has 3 fully saturated rings. The fraction of sp³-hybridized carbons (Fsp3) is 0.446. The van der Waals surface area contributed by atoms with E-state index in [0.29, 0.717) is 52.9 Å². The first-order valence-electron chi connectivity index (χ1n) is 25.3. The number of fused-ring (bicyclic) bond motifs is 1. The molecular weight excluding hydrogens is 978 g/mol. The largest absolute Gasteiger partial charge is 0.492 e. The summed E-state index contributed by atoms with van der Waals surface area (Å²) in [5, 5.41) is 26.7. The first-order valence-corrected chi connectivity index (χ1v) is 26.5. The Bertz CT molecular complexity index is 2950. The maximum Gasteiger partial charge on any atom is 0.255 e. The molecule has 74 heavy (non-hydrogen) atoms. The number of aliphatic hydroxyl groups excluding tert-OH is 1. The standard InChI is InChI=1S/C56H64ClN9O7S/c1-33(2)47(66-30-39-10-8-9-11-42(39)51(66)70)52(71)65-31-40(67)25-44(65)50(69)60-28-37-13-12-35(48-34(3)61-32-74-48)24-45(37)72-23-22-63-18-20-64(21-19-63)46-17-15-38(29-59-46)49(68)62-53-55(4,5)54(56(53,6)7)73-41-16-14-36(27-58)43(57)26-41/h8-17,24,26,29,32-33,40,44,47,53-54,67H,18-23,25,28,30-31H2,1-7H3,(H,60,69)(H,62,68)/t40?,44-,47-,53-,54-/m0/s1. The van der Waals surface area contributed by atoms with Crippen molar-refractivity contribution < 1.29 is 33.8 Å². The molecule has 3 N–H and O–H groups in total. The number of β-amino-alcohol motifs (C(OH)–C–C–N with tert-alkyl or cyclic N) is 1. The van der Waals surface area contributed by atoms with Crippen molar-refractivity contribution in [3.05, 3.63) is 123 Å². The van der Waals surface area contributed by atoms with Crippen molar-refractivity contribution in [1.82, 2.24) is 35.3 Å². The summed E-state index contributed by atoms with van der Waals surface area (Å²) in [6, 6.07) is 22.2. The molecule has 0 spiro atoms. The fourth-order valence-electron chi connectivity index (χ4n) is 11.6. The smallest absolute Gasteiger partial charge is 0.255 e. The summed E-state index contributed by atoms with van der Waals surface area (Å²) in [7, 11) is 0. The van der Waals surface area contributed by atoms with Gasteiger partial charge in [0.2, 0.25) is 11.8 Å². The summed E-state index contributed by atoms with van der Waals surface area (Å²) in [5.41, 5.74) is 5.93. The van der Waals surface area contributed by atoms with Crippen molar-refractivity contribution in [1.29, 1.82) is 5.26 Å². The highest BCUT2D eigenvalue weighted by atomic mass is 35.5. The number of amides is 4. The van der Waals surface area contributed by atoms with Crippen LogP contribution >= 0.6 is 22.9 Å². The normalized spacial score (nSPS) is 21.4. The van der Waals surface area contributed by atoms with E-state index in [1.165, 1.54) is 4.90 Å². The summed E-state index contributed by atoms with van der Waals surface area (Å²) >= 11 is 7.82. The molecule has 3 aromatic carbocycles. The van der Waals surface area contributed by atoms with Gasteiger partial charge in [-0.3, -0.25) is 24.1 Å². The van der Waals surface area contributed by atoms with Gasteiger partial charge in [0, 0.05) is 99.0 Å². The number of anilines is 1. The number of rotatable bonds is 16. The van der Waals surface area contributed by atoms with Crippen molar-refractivity contribution >= 4 is 52.4 Å². The molecule has 1 saturated carbocycles. The zero-order valence-corrected chi connectivity index (χ0v) is 44.5. The number of nitrogens with one attached hydrogen (secondary N) is 2. The van der Waals surface area contributed by atoms with E-state index in [2.05, 4.69) is 59.2 Å². The van der Waals surface area contributed by atoms with E-state index in [4.69, 9.17) is 26.1 Å². The van der Waals surface area contributed by atoms with Crippen LogP contribution in [0.3, 0.4) is 0 Å². The highest BCUT2D eigenvalue weighted by Gasteiger charge is 2.64. The summed E-state index contributed by atoms with van der Waals surface area (Å²) in [5.74, 6) is 0.611. The first kappa shape index (κ1) is 52.3. The van der Waals surface area contributed by atoms with Crippen LogP contribution < -0.4 is 25.0 Å². The number of thiazole rings is 1. The predicted octanol–water partition coefficient (Wildman–Crippen LogP) is 7.11. The van der Waals surface area contributed by atoms with E-state index < -0.39 is 29.0 Å². The van der Waals surface area contributed by atoms with Crippen molar-refractivity contribution in [2.75, 3.05) is 50.8 Å². The monoisotopic (exact) mass is 1040 g/mol. The van der Waals surface area contributed by atoms with E-state index in [1.54, 1.807) is 46.7 Å². The van der Waals surface area contributed by atoms with Gasteiger partial charge in [0.1, 0.15) is 48.2 Å². The van der Waals surface area contributed by atoms with Crippen LogP contribution in [-0.4, -0.2) is 130 Å². The molecule has 4 amide bonds. The summed E-state index contributed by atoms with van der Waals surface area (Å²) < 4.78 is 12.9. The van der Waals surface area contributed by atoms with Crippen LogP contribution in [0.15, 0.2) is 84.5 Å². The third-order valence-electron chi connectivity index (χ3n) is 15.3. The number of hydrogen-bond donors (Lipinski definition) is 3. The molecule has 3 atom stereocenters. The average molecular weight is 1040 g/mol. The lowest BCUT2D eigenvalue weighted by Gasteiger charge is -2.63. The Morgan fingerprint density at radius 1 is 0.986 bits per heavy atom. The lowest BCUT2D eigenvalue weighted by molar-refractivity contribution is -0.164. The predicted molar refractivity (Wildman–Crippen MR) is 283 cm³/mol. The third-order valence-corrected chi connectivity index (χ3v) is 16.6. The Kier molecular flexibility index (Phi) is 15.1. The quantitative estimate of drug-likeness (QED) is 0.0909. The number of aryl methyl sites for hydroxylation is 1. The average Bonchev–Trinajstić information content (AvgIpc) is 4.12. The lowest BCUT2D eigenvalue weighted by Crippen LogP contribution is -2.74. The Labute approximate surface area is 441 Å². The van der Waals surface area contributed by atoms with E-state index in [1.807, 2.05) is 74.8 Å². The molecule has 5 aromatic rings. The van der Waals surface area contributed by atoms with Gasteiger partial charge in [0.25, 0.3) is 11.8 Å². The number of nitrogens with zero attached hydrogens (tertiary/aromatic N) is 7. The molecule has 16 nitrogen and oxygen atoms in total. The van der Waals surface area contributed by atoms with Crippen molar-refractivity contribution in [3.8, 4) is 28.0 Å². The van der Waals surface area contributed by atoms with Crippen LogP contribution in [-0.2, 0) is 22.7 Å². The van der Waals surface area contributed by atoms with Gasteiger partial charge in [0.15, 0.2) is 0 Å². The molecule has 2 aromatic heterocycles. The Morgan fingerprint density at radius 3 is 2.41 bits per heavy atom. The number of ether oxygens (including phenoxy) is 2. The number of aliphatic hydroxyl groups is 1. The number of halogens is 1. The van der Waals surface area contributed by atoms with Crippen LogP contribution in [0.1, 0.15) is 91.1 Å². The molecule has 1 unspecified atom stereocenters. The minimum absolute atomic E-state index is 0.000635. The van der Waals surface area contributed by atoms with Gasteiger partial charge in [0.05, 0.1) is 38.3 Å². The molecule has 0 radical (unpaired) electrons. The number of benzene rings is 3. The second kappa shape index (κ2) is 21.3. The topological polar surface area (TPSA) is 194 Å². The fourth-order valence-corrected chi connectivity index (χ4v) is 12.6. The molecule has 4 aliphatic rings. The van der Waals surface area contributed by atoms with Gasteiger partial charge in [-0.15, -0.1) is 11.3 Å². The summed E-state index contributed by atoms with van der Waals surface area (Å²) in [6.45, 7) is 18.6. The molecule has 5 heterocycles. The molecule has 18 heteroatoms. The summed E-state index contributed by atoms with van der Waals surface area (Å²) in [4.78, 5) is 73.2. The maximum absolute atomic E-state index is 14.3.